The van der Waals surface area contributed by atoms with Gasteiger partial charge in [0.05, 0.1) is 0 Å². The summed E-state index contributed by atoms with van der Waals surface area (Å²) in [7, 11) is 0. The van der Waals surface area contributed by atoms with E-state index in [9.17, 15) is 9.59 Å². The summed E-state index contributed by atoms with van der Waals surface area (Å²) >= 11 is 0. The molecule has 0 heterocycles. The standard InChI is InChI=1S/C17H32N2O2/c1-3-5-7-12-16(20)18-14-10-9-11-15(14)19-17(21)13-8-6-4-2/h14-15H,3-13H2,1-2H3,(H,18,20)(H,19,21)/t14-,15-/m1/s1. The fourth-order valence-electron chi connectivity index (χ4n) is 2.93. The van der Waals surface area contributed by atoms with Gasteiger partial charge in [0.25, 0.3) is 0 Å². The molecule has 122 valence electrons. The fraction of sp³-hybridized carbons (Fsp3) is 0.882. The fourth-order valence-corrected chi connectivity index (χ4v) is 2.93. The predicted octanol–water partition coefficient (Wildman–Crippen LogP) is 3.30. The van der Waals surface area contributed by atoms with E-state index in [0.29, 0.717) is 12.8 Å². The Morgan fingerprint density at radius 2 is 1.24 bits per heavy atom. The van der Waals surface area contributed by atoms with Gasteiger partial charge in [-0.1, -0.05) is 39.5 Å². The van der Waals surface area contributed by atoms with Crippen molar-refractivity contribution >= 4 is 11.8 Å². The summed E-state index contributed by atoms with van der Waals surface area (Å²) in [6.45, 7) is 4.28. The highest BCUT2D eigenvalue weighted by Crippen LogP contribution is 2.19. The molecule has 0 aliphatic heterocycles. The molecule has 1 aliphatic rings. The Bertz CT molecular complexity index is 288. The van der Waals surface area contributed by atoms with E-state index in [2.05, 4.69) is 24.5 Å². The van der Waals surface area contributed by atoms with Gasteiger partial charge in [0, 0.05) is 24.9 Å². The molecule has 0 aromatic carbocycles. The normalized spacial score (nSPS) is 21.2. The van der Waals surface area contributed by atoms with Crippen molar-refractivity contribution in [2.75, 3.05) is 0 Å². The SMILES string of the molecule is CCCCCC(=O)N[C@@H]1CCC[C@H]1NC(=O)CCCCC. The van der Waals surface area contributed by atoms with Crippen LogP contribution in [0.15, 0.2) is 0 Å². The van der Waals surface area contributed by atoms with Gasteiger partial charge >= 0.3 is 0 Å². The van der Waals surface area contributed by atoms with E-state index in [1.807, 2.05) is 0 Å². The highest BCUT2D eigenvalue weighted by molar-refractivity contribution is 5.78. The molecule has 0 spiro atoms. The minimum Gasteiger partial charge on any atom is -0.351 e. The Labute approximate surface area is 129 Å². The lowest BCUT2D eigenvalue weighted by Crippen LogP contribution is -2.48. The highest BCUT2D eigenvalue weighted by atomic mass is 16.2. The molecule has 0 aromatic rings. The molecule has 1 aliphatic carbocycles. The molecule has 2 amide bonds. The minimum absolute atomic E-state index is 0.134. The smallest absolute Gasteiger partial charge is 0.220 e. The number of nitrogens with one attached hydrogen (secondary N) is 2. The first-order valence-corrected chi connectivity index (χ1v) is 8.76. The van der Waals surface area contributed by atoms with Crippen molar-refractivity contribution < 1.29 is 9.59 Å². The summed E-state index contributed by atoms with van der Waals surface area (Å²) in [4.78, 5) is 23.8. The molecule has 0 unspecified atom stereocenters. The molecule has 0 saturated heterocycles. The Balaban J connectivity index is 2.27. The first kappa shape index (κ1) is 18.0. The molecule has 1 rings (SSSR count). The third-order valence-corrected chi connectivity index (χ3v) is 4.22. The van der Waals surface area contributed by atoms with Gasteiger partial charge in [-0.3, -0.25) is 9.59 Å². The lowest BCUT2D eigenvalue weighted by molar-refractivity contribution is -0.124. The van der Waals surface area contributed by atoms with E-state index < -0.39 is 0 Å². The summed E-state index contributed by atoms with van der Waals surface area (Å²) in [6, 6.07) is 0.267. The van der Waals surface area contributed by atoms with Crippen molar-refractivity contribution in [3.63, 3.8) is 0 Å². The highest BCUT2D eigenvalue weighted by Gasteiger charge is 2.29. The number of hydrogen-bond acceptors (Lipinski definition) is 2. The molecular weight excluding hydrogens is 264 g/mol. The van der Waals surface area contributed by atoms with Crippen molar-refractivity contribution in [2.45, 2.75) is 96.6 Å². The molecule has 21 heavy (non-hydrogen) atoms. The van der Waals surface area contributed by atoms with E-state index >= 15 is 0 Å². The van der Waals surface area contributed by atoms with Crippen LogP contribution in [0.25, 0.3) is 0 Å². The first-order valence-electron chi connectivity index (χ1n) is 8.76. The predicted molar refractivity (Wildman–Crippen MR) is 86.0 cm³/mol. The van der Waals surface area contributed by atoms with Gasteiger partial charge in [0.15, 0.2) is 0 Å². The summed E-state index contributed by atoms with van der Waals surface area (Å²) < 4.78 is 0. The zero-order valence-electron chi connectivity index (χ0n) is 13.7. The van der Waals surface area contributed by atoms with Crippen LogP contribution < -0.4 is 10.6 Å². The van der Waals surface area contributed by atoms with Gasteiger partial charge in [0.2, 0.25) is 11.8 Å². The second-order valence-corrected chi connectivity index (χ2v) is 6.19. The largest absolute Gasteiger partial charge is 0.351 e. The van der Waals surface area contributed by atoms with Crippen molar-refractivity contribution in [1.82, 2.24) is 10.6 Å². The molecule has 1 saturated carbocycles. The molecule has 2 atom stereocenters. The number of hydrogen-bond donors (Lipinski definition) is 2. The van der Waals surface area contributed by atoms with Gasteiger partial charge in [-0.2, -0.15) is 0 Å². The first-order chi connectivity index (χ1) is 10.2. The van der Waals surface area contributed by atoms with E-state index in [0.717, 1.165) is 57.8 Å². The van der Waals surface area contributed by atoms with Crippen LogP contribution in [0, 0.1) is 0 Å². The van der Waals surface area contributed by atoms with E-state index in [4.69, 9.17) is 0 Å². The minimum atomic E-state index is 0.134. The lowest BCUT2D eigenvalue weighted by atomic mass is 10.1. The molecule has 4 heteroatoms. The van der Waals surface area contributed by atoms with Crippen LogP contribution in [0.5, 0.6) is 0 Å². The van der Waals surface area contributed by atoms with Gasteiger partial charge in [-0.15, -0.1) is 0 Å². The average molecular weight is 296 g/mol. The van der Waals surface area contributed by atoms with E-state index in [-0.39, 0.29) is 23.9 Å². The third kappa shape index (κ3) is 7.49. The van der Waals surface area contributed by atoms with Crippen LogP contribution in [0.1, 0.15) is 84.5 Å². The van der Waals surface area contributed by atoms with Crippen LogP contribution >= 0.6 is 0 Å². The van der Waals surface area contributed by atoms with Crippen molar-refractivity contribution in [2.24, 2.45) is 0 Å². The Morgan fingerprint density at radius 1 is 0.810 bits per heavy atom. The molecule has 1 fully saturated rings. The number of carbonyl (C=O) groups excluding carboxylic acids is 2. The quantitative estimate of drug-likeness (QED) is 0.608. The molecule has 2 N–H and O–H groups in total. The van der Waals surface area contributed by atoms with Crippen LogP contribution in [0.2, 0.25) is 0 Å². The molecule has 0 bridgehead atoms. The van der Waals surface area contributed by atoms with Crippen LogP contribution in [-0.4, -0.2) is 23.9 Å². The zero-order valence-corrected chi connectivity index (χ0v) is 13.7. The van der Waals surface area contributed by atoms with Gasteiger partial charge < -0.3 is 10.6 Å². The average Bonchev–Trinajstić information content (AvgIpc) is 2.86. The Morgan fingerprint density at radius 3 is 1.62 bits per heavy atom. The maximum absolute atomic E-state index is 11.9. The van der Waals surface area contributed by atoms with E-state index in [1.54, 1.807) is 0 Å². The second kappa shape index (κ2) is 10.6. The second-order valence-electron chi connectivity index (χ2n) is 6.19. The number of rotatable bonds is 10. The number of unbranched alkanes of at least 4 members (excludes halogenated alkanes) is 4. The van der Waals surface area contributed by atoms with Crippen molar-refractivity contribution in [1.29, 1.82) is 0 Å². The van der Waals surface area contributed by atoms with Crippen LogP contribution in [0.4, 0.5) is 0 Å². The van der Waals surface area contributed by atoms with Crippen molar-refractivity contribution in [3.8, 4) is 0 Å². The van der Waals surface area contributed by atoms with Gasteiger partial charge in [-0.05, 0) is 32.1 Å². The zero-order chi connectivity index (χ0) is 15.5. The summed E-state index contributed by atoms with van der Waals surface area (Å²) in [5.41, 5.74) is 0. The maximum atomic E-state index is 11.9. The van der Waals surface area contributed by atoms with Crippen LogP contribution in [0.3, 0.4) is 0 Å². The number of carbonyl (C=O) groups is 2. The summed E-state index contributed by atoms with van der Waals surface area (Å²) in [5.74, 6) is 0.279. The van der Waals surface area contributed by atoms with E-state index in [1.165, 1.54) is 0 Å². The Hall–Kier alpha value is -1.06. The maximum Gasteiger partial charge on any atom is 0.220 e. The number of amides is 2. The monoisotopic (exact) mass is 296 g/mol. The Kier molecular flexibility index (Phi) is 9.11. The molecule has 0 aromatic heterocycles. The van der Waals surface area contributed by atoms with Gasteiger partial charge in [0.1, 0.15) is 0 Å². The topological polar surface area (TPSA) is 58.2 Å². The summed E-state index contributed by atoms with van der Waals surface area (Å²) in [5, 5.41) is 6.21. The molecule has 4 nitrogen and oxygen atoms in total. The molecular formula is C17H32N2O2. The third-order valence-electron chi connectivity index (χ3n) is 4.22. The summed E-state index contributed by atoms with van der Waals surface area (Å²) in [6.07, 6.45) is 10.7. The van der Waals surface area contributed by atoms with Crippen molar-refractivity contribution in [3.05, 3.63) is 0 Å². The van der Waals surface area contributed by atoms with Crippen LogP contribution in [-0.2, 0) is 9.59 Å². The lowest BCUT2D eigenvalue weighted by Gasteiger charge is -2.22. The molecule has 0 radical (unpaired) electrons. The van der Waals surface area contributed by atoms with Gasteiger partial charge in [-0.25, -0.2) is 0 Å².